The van der Waals surface area contributed by atoms with Crippen LogP contribution in [0, 0.1) is 0 Å². The Balaban J connectivity index is 0.000000189. The van der Waals surface area contributed by atoms with Crippen LogP contribution in [0.5, 0.6) is 0 Å². The van der Waals surface area contributed by atoms with E-state index in [4.69, 9.17) is 19.7 Å². The Labute approximate surface area is 368 Å². The monoisotopic (exact) mass is 866 g/mol. The zero-order valence-electron chi connectivity index (χ0n) is 36.1. The molecule has 324 valence electrons. The molecule has 61 heavy (non-hydrogen) atoms. The van der Waals surface area contributed by atoms with Gasteiger partial charge in [-0.05, 0) is 52.7 Å². The van der Waals surface area contributed by atoms with Gasteiger partial charge >= 0.3 is 6.09 Å². The van der Waals surface area contributed by atoms with E-state index in [1.54, 1.807) is 16.7 Å². The molecule has 0 unspecified atom stereocenters. The summed E-state index contributed by atoms with van der Waals surface area (Å²) in [6, 6.07) is 19.0. The van der Waals surface area contributed by atoms with Crippen LogP contribution in [0.4, 0.5) is 16.4 Å². The molecule has 0 radical (unpaired) electrons. The van der Waals surface area contributed by atoms with E-state index in [-0.39, 0.29) is 17.7 Å². The highest BCUT2D eigenvalue weighted by Crippen LogP contribution is 2.31. The minimum Gasteiger partial charge on any atom is -0.444 e. The summed E-state index contributed by atoms with van der Waals surface area (Å²) in [7, 11) is 0. The number of rotatable bonds is 10. The van der Waals surface area contributed by atoms with Gasteiger partial charge in [0.25, 0.3) is 0 Å². The Morgan fingerprint density at radius 1 is 0.639 bits per heavy atom. The molecule has 2 aromatic carbocycles. The highest BCUT2D eigenvalue weighted by molar-refractivity contribution is 7.98. The molecule has 1 amide bonds. The maximum Gasteiger partial charge on any atom is 0.410 e. The van der Waals surface area contributed by atoms with Crippen molar-refractivity contribution in [2.45, 2.75) is 62.6 Å². The Kier molecular flexibility index (Phi) is 14.9. The van der Waals surface area contributed by atoms with Crippen LogP contribution in [0.2, 0.25) is 0 Å². The van der Waals surface area contributed by atoms with Gasteiger partial charge in [-0.2, -0.15) is 0 Å². The molecule has 0 saturated carbocycles. The van der Waals surface area contributed by atoms with Gasteiger partial charge in [-0.1, -0.05) is 84.2 Å². The van der Waals surface area contributed by atoms with E-state index >= 15 is 0 Å². The number of anilines is 2. The predicted molar refractivity (Wildman–Crippen MR) is 242 cm³/mol. The number of hydrogen-bond donors (Lipinski definition) is 1. The number of thioether (sulfide) groups is 2. The van der Waals surface area contributed by atoms with Crippen molar-refractivity contribution in [3.05, 3.63) is 94.3 Å². The van der Waals surface area contributed by atoms with Crippen LogP contribution in [-0.2, 0) is 30.7 Å². The van der Waals surface area contributed by atoms with Gasteiger partial charge in [-0.15, -0.1) is 0 Å². The molecular weight excluding hydrogens is 809 g/mol. The van der Waals surface area contributed by atoms with Crippen molar-refractivity contribution >= 4 is 52.8 Å². The maximum absolute atomic E-state index is 12.6. The number of benzene rings is 2. The molecule has 2 aromatic heterocycles. The van der Waals surface area contributed by atoms with Crippen LogP contribution in [-0.4, -0.2) is 149 Å². The third kappa shape index (κ3) is 11.7. The third-order valence-corrected chi connectivity index (χ3v) is 12.3. The zero-order valence-corrected chi connectivity index (χ0v) is 37.7. The summed E-state index contributed by atoms with van der Waals surface area (Å²) in [6.45, 7) is 16.1. The van der Waals surface area contributed by atoms with E-state index < -0.39 is 5.60 Å². The normalized spacial score (nSPS) is 17.2. The Hall–Kier alpha value is -4.61. The molecule has 0 spiro atoms. The number of amides is 1. The molecule has 2 fully saturated rings. The topological polar surface area (TPSA) is 140 Å². The first-order valence-electron chi connectivity index (χ1n) is 21.1. The van der Waals surface area contributed by atoms with Crippen LogP contribution < -0.4 is 15.1 Å². The van der Waals surface area contributed by atoms with Crippen molar-refractivity contribution < 1.29 is 19.1 Å². The summed E-state index contributed by atoms with van der Waals surface area (Å²) in [5.41, 5.74) is 5.47. The SMILES string of the molecule is CSc1nc2c(c(N3CCN(CC(=O)c4ccccc4)CC3)n1)CCN(C(=O)OC(C)(C)C)C2.CSc1nc2c(c(N3CCN(CC(=O)c4ccccc4)CC3)n1)CCNC2. The standard InChI is InChI=1S/C25H33N5O3S.C20H25N5OS/c1-25(2,3)33-24(32)30-11-10-19-20(16-30)26-23(34-4)27-22(19)29-14-12-28(13-15-29)17-21(31)18-8-6-5-7-9-18;1-27-20-22-17-13-21-8-7-16(17)19(23-20)25-11-9-24(10-12-25)14-18(26)15-5-3-2-4-6-15/h5-9H,10-17H2,1-4H3;2-6,21H,7-14H2,1H3. The average molecular weight is 867 g/mol. The van der Waals surface area contributed by atoms with E-state index in [9.17, 15) is 14.4 Å². The van der Waals surface area contributed by atoms with E-state index in [1.165, 1.54) is 17.3 Å². The van der Waals surface area contributed by atoms with Crippen molar-refractivity contribution in [3.63, 3.8) is 0 Å². The molecular formula is C45H58N10O4S2. The number of nitrogens with zero attached hydrogens (tertiary/aromatic N) is 9. The summed E-state index contributed by atoms with van der Waals surface area (Å²) in [5.74, 6) is 2.41. The second kappa shape index (κ2) is 20.5. The number of piperazine rings is 2. The minimum atomic E-state index is -0.528. The van der Waals surface area contributed by atoms with Gasteiger partial charge in [0.15, 0.2) is 21.9 Å². The lowest BCUT2D eigenvalue weighted by Crippen LogP contribution is -2.49. The molecule has 8 rings (SSSR count). The van der Waals surface area contributed by atoms with Crippen LogP contribution in [0.3, 0.4) is 0 Å². The van der Waals surface area contributed by atoms with Crippen molar-refractivity contribution in [2.24, 2.45) is 0 Å². The third-order valence-electron chi connectivity index (χ3n) is 11.2. The predicted octanol–water partition coefficient (Wildman–Crippen LogP) is 5.35. The average Bonchev–Trinajstić information content (AvgIpc) is 3.28. The molecule has 14 nitrogen and oxygen atoms in total. The molecule has 6 heterocycles. The molecule has 2 saturated heterocycles. The quantitative estimate of drug-likeness (QED) is 0.125. The summed E-state index contributed by atoms with van der Waals surface area (Å²) in [4.78, 5) is 67.6. The number of aromatic nitrogens is 4. The van der Waals surface area contributed by atoms with Crippen LogP contribution in [0.1, 0.15) is 64.0 Å². The second-order valence-corrected chi connectivity index (χ2v) is 18.1. The number of hydrogen-bond acceptors (Lipinski definition) is 15. The van der Waals surface area contributed by atoms with Crippen molar-refractivity contribution in [1.82, 2.24) is 40.0 Å². The van der Waals surface area contributed by atoms with E-state index in [0.717, 1.165) is 117 Å². The number of carbonyl (C=O) groups excluding carboxylic acids is 3. The Morgan fingerprint density at radius 2 is 1.11 bits per heavy atom. The molecule has 4 aliphatic heterocycles. The van der Waals surface area contributed by atoms with Crippen molar-refractivity contribution in [1.29, 1.82) is 0 Å². The number of ketones is 2. The Bertz CT molecular complexity index is 2140. The smallest absolute Gasteiger partial charge is 0.410 e. The van der Waals surface area contributed by atoms with Crippen LogP contribution in [0.25, 0.3) is 0 Å². The fraction of sp³-hybridized carbons (Fsp3) is 0.489. The number of fused-ring (bicyclic) bond motifs is 2. The van der Waals surface area contributed by atoms with E-state index in [0.29, 0.717) is 37.8 Å². The first kappa shape index (κ1) is 44.4. The van der Waals surface area contributed by atoms with Gasteiger partial charge in [-0.25, -0.2) is 24.7 Å². The zero-order chi connectivity index (χ0) is 42.9. The summed E-state index contributed by atoms with van der Waals surface area (Å²) in [5, 5.41) is 4.95. The molecule has 0 atom stereocenters. The van der Waals surface area contributed by atoms with E-state index in [2.05, 4.69) is 29.9 Å². The van der Waals surface area contributed by atoms with Crippen molar-refractivity contribution in [2.75, 3.05) is 101 Å². The van der Waals surface area contributed by atoms with Gasteiger partial charge < -0.3 is 24.8 Å². The highest BCUT2D eigenvalue weighted by Gasteiger charge is 2.31. The van der Waals surface area contributed by atoms with Crippen LogP contribution >= 0.6 is 23.5 Å². The lowest BCUT2D eigenvalue weighted by atomic mass is 10.0. The molecule has 4 aromatic rings. The molecule has 16 heteroatoms. The Morgan fingerprint density at radius 3 is 1.59 bits per heavy atom. The minimum absolute atomic E-state index is 0.153. The molecule has 4 aliphatic rings. The van der Waals surface area contributed by atoms with Gasteiger partial charge in [0.1, 0.15) is 17.2 Å². The van der Waals surface area contributed by atoms with Crippen molar-refractivity contribution in [3.8, 4) is 0 Å². The summed E-state index contributed by atoms with van der Waals surface area (Å²) in [6.07, 6.45) is 5.36. The molecule has 0 bridgehead atoms. The molecule has 1 N–H and O–H groups in total. The number of Topliss-reactive ketones (excluding diaryl/α,β-unsaturated/α-hetero) is 2. The van der Waals surface area contributed by atoms with Gasteiger partial charge in [0.2, 0.25) is 0 Å². The summed E-state index contributed by atoms with van der Waals surface area (Å²) >= 11 is 3.10. The number of carbonyl (C=O) groups is 3. The van der Waals surface area contributed by atoms with Gasteiger partial charge in [0, 0.05) is 87.7 Å². The summed E-state index contributed by atoms with van der Waals surface area (Å²) < 4.78 is 5.57. The lowest BCUT2D eigenvalue weighted by molar-refractivity contribution is 0.0220. The fourth-order valence-electron chi connectivity index (χ4n) is 7.97. The number of nitrogens with one attached hydrogen (secondary N) is 1. The lowest BCUT2D eigenvalue weighted by Gasteiger charge is -2.37. The first-order valence-corrected chi connectivity index (χ1v) is 23.6. The maximum atomic E-state index is 12.6. The second-order valence-electron chi connectivity index (χ2n) is 16.6. The largest absolute Gasteiger partial charge is 0.444 e. The van der Waals surface area contributed by atoms with Crippen LogP contribution in [0.15, 0.2) is 71.0 Å². The van der Waals surface area contributed by atoms with Gasteiger partial charge in [-0.3, -0.25) is 19.4 Å². The van der Waals surface area contributed by atoms with E-state index in [1.807, 2.05) is 93.9 Å². The first-order chi connectivity index (χ1) is 29.5. The molecule has 0 aliphatic carbocycles. The highest BCUT2D eigenvalue weighted by atomic mass is 32.2. The van der Waals surface area contributed by atoms with Gasteiger partial charge in [0.05, 0.1) is 31.0 Å². The fourth-order valence-corrected chi connectivity index (χ4v) is 8.73. The number of ether oxygens (including phenoxy) is 1.